The number of hydrogen-bond donors (Lipinski definition) is 0. The Morgan fingerprint density at radius 1 is 0.867 bits per heavy atom. The van der Waals surface area contributed by atoms with E-state index in [0.29, 0.717) is 18.9 Å². The van der Waals surface area contributed by atoms with Gasteiger partial charge in [-0.15, -0.1) is 0 Å². The van der Waals surface area contributed by atoms with Gasteiger partial charge in [-0.2, -0.15) is 8.78 Å². The van der Waals surface area contributed by atoms with E-state index in [1.807, 2.05) is 6.92 Å². The summed E-state index contributed by atoms with van der Waals surface area (Å²) in [4.78, 5) is 12.5. The Hall–Kier alpha value is -1.65. The lowest BCUT2D eigenvalue weighted by Gasteiger charge is -2.37. The lowest BCUT2D eigenvalue weighted by molar-refractivity contribution is -0.140. The standard InChI is InChI=1S/C25H36F2O3/c1-3-5-17-6-8-18(9-7-17)19-10-12-20(13-11-19)25(28)30-22-15-14-21(29-16-4-2)23(26)24(22)27/h14-15,17-20H,3-13,16H2,1-2H3/t17-,18-,19-,20-. The summed E-state index contributed by atoms with van der Waals surface area (Å²) in [5, 5.41) is 0. The molecular weight excluding hydrogens is 386 g/mol. The molecule has 2 aliphatic carbocycles. The van der Waals surface area contributed by atoms with Gasteiger partial charge in [0.2, 0.25) is 11.6 Å². The topological polar surface area (TPSA) is 35.5 Å². The van der Waals surface area contributed by atoms with Crippen LogP contribution in [0.4, 0.5) is 8.78 Å². The van der Waals surface area contributed by atoms with E-state index in [1.54, 1.807) is 0 Å². The predicted octanol–water partition coefficient (Wildman–Crippen LogP) is 7.07. The molecule has 0 saturated heterocycles. The SMILES string of the molecule is CCCOc1ccc(OC(=O)[C@H]2CC[C@H]([C@H]3CC[C@H](CCC)CC3)CC2)c(F)c1F. The fourth-order valence-corrected chi connectivity index (χ4v) is 5.29. The number of benzene rings is 1. The first-order valence-corrected chi connectivity index (χ1v) is 11.9. The Bertz CT molecular complexity index is 690. The van der Waals surface area contributed by atoms with Crippen LogP contribution in [-0.4, -0.2) is 12.6 Å². The van der Waals surface area contributed by atoms with Crippen LogP contribution in [0.3, 0.4) is 0 Å². The summed E-state index contributed by atoms with van der Waals surface area (Å²) < 4.78 is 38.8. The molecule has 0 bridgehead atoms. The fourth-order valence-electron chi connectivity index (χ4n) is 5.29. The second-order valence-electron chi connectivity index (χ2n) is 9.14. The molecule has 0 aliphatic heterocycles. The molecule has 3 rings (SSSR count). The molecule has 0 aromatic heterocycles. The van der Waals surface area contributed by atoms with Crippen LogP contribution in [0.5, 0.6) is 11.5 Å². The number of ether oxygens (including phenoxy) is 2. The van der Waals surface area contributed by atoms with Crippen molar-refractivity contribution in [3.63, 3.8) is 0 Å². The molecule has 168 valence electrons. The zero-order chi connectivity index (χ0) is 21.5. The van der Waals surface area contributed by atoms with E-state index >= 15 is 0 Å². The summed E-state index contributed by atoms with van der Waals surface area (Å²) in [6, 6.07) is 2.60. The van der Waals surface area contributed by atoms with Crippen LogP contribution < -0.4 is 9.47 Å². The summed E-state index contributed by atoms with van der Waals surface area (Å²) in [6.07, 6.45) is 12.3. The third-order valence-electron chi connectivity index (χ3n) is 7.04. The van der Waals surface area contributed by atoms with Crippen LogP contribution in [0, 0.1) is 35.3 Å². The van der Waals surface area contributed by atoms with E-state index in [-0.39, 0.29) is 17.4 Å². The van der Waals surface area contributed by atoms with Crippen molar-refractivity contribution in [1.29, 1.82) is 0 Å². The molecule has 0 spiro atoms. The highest BCUT2D eigenvalue weighted by atomic mass is 19.2. The van der Waals surface area contributed by atoms with Crippen molar-refractivity contribution < 1.29 is 23.0 Å². The van der Waals surface area contributed by atoms with Crippen LogP contribution in [0.15, 0.2) is 12.1 Å². The Kier molecular flexibility index (Phi) is 8.52. The maximum Gasteiger partial charge on any atom is 0.314 e. The van der Waals surface area contributed by atoms with Gasteiger partial charge in [0.25, 0.3) is 0 Å². The third-order valence-corrected chi connectivity index (χ3v) is 7.04. The highest BCUT2D eigenvalue weighted by Gasteiger charge is 2.34. The average Bonchev–Trinajstić information content (AvgIpc) is 2.77. The molecular formula is C25H36F2O3. The second kappa shape index (κ2) is 11.1. The van der Waals surface area contributed by atoms with E-state index in [4.69, 9.17) is 9.47 Å². The van der Waals surface area contributed by atoms with Crippen LogP contribution in [0.25, 0.3) is 0 Å². The van der Waals surface area contributed by atoms with Gasteiger partial charge in [0.15, 0.2) is 11.5 Å². The van der Waals surface area contributed by atoms with Crippen LogP contribution in [-0.2, 0) is 4.79 Å². The van der Waals surface area contributed by atoms with Crippen molar-refractivity contribution in [1.82, 2.24) is 0 Å². The molecule has 0 atom stereocenters. The van der Waals surface area contributed by atoms with E-state index in [9.17, 15) is 13.6 Å². The molecule has 0 heterocycles. The Balaban J connectivity index is 1.48. The second-order valence-corrected chi connectivity index (χ2v) is 9.14. The molecule has 0 unspecified atom stereocenters. The fraction of sp³-hybridized carbons (Fsp3) is 0.720. The Morgan fingerprint density at radius 2 is 1.43 bits per heavy atom. The van der Waals surface area contributed by atoms with Crippen molar-refractivity contribution >= 4 is 5.97 Å². The molecule has 1 aromatic rings. The van der Waals surface area contributed by atoms with Gasteiger partial charge in [0.1, 0.15) is 0 Å². The van der Waals surface area contributed by atoms with E-state index in [2.05, 4.69) is 6.92 Å². The summed E-state index contributed by atoms with van der Waals surface area (Å²) in [7, 11) is 0. The molecule has 30 heavy (non-hydrogen) atoms. The first-order chi connectivity index (χ1) is 14.5. The van der Waals surface area contributed by atoms with Crippen LogP contribution in [0.1, 0.15) is 84.5 Å². The van der Waals surface area contributed by atoms with Crippen LogP contribution in [0.2, 0.25) is 0 Å². The highest BCUT2D eigenvalue weighted by Crippen LogP contribution is 2.42. The molecule has 1 aromatic carbocycles. The van der Waals surface area contributed by atoms with Gasteiger partial charge in [-0.1, -0.05) is 39.5 Å². The quantitative estimate of drug-likeness (QED) is 0.332. The van der Waals surface area contributed by atoms with Gasteiger partial charge < -0.3 is 9.47 Å². The lowest BCUT2D eigenvalue weighted by atomic mass is 9.69. The summed E-state index contributed by atoms with van der Waals surface area (Å²) in [6.45, 7) is 4.46. The van der Waals surface area contributed by atoms with Crippen molar-refractivity contribution in [2.24, 2.45) is 23.7 Å². The van der Waals surface area contributed by atoms with Gasteiger partial charge in [-0.05, 0) is 74.8 Å². The number of hydrogen-bond acceptors (Lipinski definition) is 3. The number of halogens is 2. The minimum atomic E-state index is -1.16. The zero-order valence-electron chi connectivity index (χ0n) is 18.4. The number of carbonyl (C=O) groups is 1. The first kappa shape index (κ1) is 23.0. The minimum Gasteiger partial charge on any atom is -0.490 e. The van der Waals surface area contributed by atoms with Crippen molar-refractivity contribution in [3.05, 3.63) is 23.8 Å². The van der Waals surface area contributed by atoms with Gasteiger partial charge in [-0.25, -0.2) is 0 Å². The van der Waals surface area contributed by atoms with Gasteiger partial charge >= 0.3 is 5.97 Å². The van der Waals surface area contributed by atoms with E-state index in [0.717, 1.165) is 37.5 Å². The maximum atomic E-state index is 14.3. The number of rotatable bonds is 8. The largest absolute Gasteiger partial charge is 0.490 e. The predicted molar refractivity (Wildman–Crippen MR) is 114 cm³/mol. The summed E-state index contributed by atoms with van der Waals surface area (Å²) >= 11 is 0. The summed E-state index contributed by atoms with van der Waals surface area (Å²) in [5.74, 6) is -1.03. The molecule has 5 heteroatoms. The summed E-state index contributed by atoms with van der Waals surface area (Å²) in [5.41, 5.74) is 0. The van der Waals surface area contributed by atoms with Gasteiger partial charge in [-0.3, -0.25) is 4.79 Å². The number of carbonyl (C=O) groups excluding carboxylic acids is 1. The van der Waals surface area contributed by atoms with E-state index in [1.165, 1.54) is 50.7 Å². The maximum absolute atomic E-state index is 14.3. The van der Waals surface area contributed by atoms with Gasteiger partial charge in [0.05, 0.1) is 12.5 Å². The smallest absolute Gasteiger partial charge is 0.314 e. The Morgan fingerprint density at radius 3 is 2.03 bits per heavy atom. The molecule has 2 saturated carbocycles. The molecule has 2 aliphatic rings. The molecule has 2 fully saturated rings. The third kappa shape index (κ3) is 5.73. The van der Waals surface area contributed by atoms with Crippen molar-refractivity contribution in [2.45, 2.75) is 84.5 Å². The normalized spacial score (nSPS) is 26.9. The first-order valence-electron chi connectivity index (χ1n) is 11.9. The van der Waals surface area contributed by atoms with Crippen molar-refractivity contribution in [2.75, 3.05) is 6.61 Å². The zero-order valence-corrected chi connectivity index (χ0v) is 18.4. The molecule has 0 radical (unpaired) electrons. The number of esters is 1. The van der Waals surface area contributed by atoms with Crippen molar-refractivity contribution in [3.8, 4) is 11.5 Å². The van der Waals surface area contributed by atoms with E-state index < -0.39 is 17.6 Å². The van der Waals surface area contributed by atoms with Crippen LogP contribution >= 0.6 is 0 Å². The lowest BCUT2D eigenvalue weighted by Crippen LogP contribution is -2.30. The highest BCUT2D eigenvalue weighted by molar-refractivity contribution is 5.75. The molecule has 3 nitrogen and oxygen atoms in total. The molecule has 0 amide bonds. The monoisotopic (exact) mass is 422 g/mol. The van der Waals surface area contributed by atoms with Gasteiger partial charge in [0, 0.05) is 0 Å². The average molecular weight is 423 g/mol. The Labute approximate surface area is 179 Å². The minimum absolute atomic E-state index is 0.150. The molecule has 0 N–H and O–H groups in total.